The largest absolute Gasteiger partial charge is 0.349 e. The topological polar surface area (TPSA) is 29.1 Å². The van der Waals surface area contributed by atoms with E-state index in [-0.39, 0.29) is 5.91 Å². The van der Waals surface area contributed by atoms with E-state index < -0.39 is 0 Å². The molecule has 2 saturated carbocycles. The van der Waals surface area contributed by atoms with Crippen LogP contribution in [-0.2, 0) is 5.75 Å². The van der Waals surface area contributed by atoms with E-state index in [1.54, 1.807) is 0 Å². The number of hydrogen-bond donors (Lipinski definition) is 1. The summed E-state index contributed by atoms with van der Waals surface area (Å²) < 4.78 is 0. The normalized spacial score (nSPS) is 24.4. The van der Waals surface area contributed by atoms with Gasteiger partial charge in [-0.3, -0.25) is 4.79 Å². The van der Waals surface area contributed by atoms with Gasteiger partial charge in [0.25, 0.3) is 5.91 Å². The molecule has 3 heteroatoms. The highest BCUT2D eigenvalue weighted by atomic mass is 32.2. The fourth-order valence-corrected chi connectivity index (χ4v) is 5.08. The van der Waals surface area contributed by atoms with Crippen LogP contribution in [0.2, 0.25) is 0 Å². The molecule has 0 aliphatic heterocycles. The Labute approximate surface area is 154 Å². The lowest BCUT2D eigenvalue weighted by atomic mass is 9.95. The van der Waals surface area contributed by atoms with Gasteiger partial charge >= 0.3 is 0 Å². The molecule has 1 N–H and O–H groups in total. The van der Waals surface area contributed by atoms with Gasteiger partial charge in [0.05, 0.1) is 0 Å². The second kappa shape index (κ2) is 7.25. The van der Waals surface area contributed by atoms with Gasteiger partial charge in [0.15, 0.2) is 0 Å². The number of nitrogens with one attached hydrogen (secondary N) is 1. The molecule has 2 aromatic rings. The van der Waals surface area contributed by atoms with Crippen LogP contribution in [0, 0.1) is 18.8 Å². The van der Waals surface area contributed by atoms with Gasteiger partial charge in [0.1, 0.15) is 0 Å². The average Bonchev–Trinajstić information content (AvgIpc) is 3.25. The lowest BCUT2D eigenvalue weighted by Crippen LogP contribution is -2.38. The first-order chi connectivity index (χ1) is 12.2. The molecule has 2 aliphatic carbocycles. The Bertz CT molecular complexity index is 738. The summed E-state index contributed by atoms with van der Waals surface area (Å²) in [5.41, 5.74) is 3.32. The summed E-state index contributed by atoms with van der Waals surface area (Å²) in [7, 11) is 0. The zero-order valence-electron chi connectivity index (χ0n) is 14.7. The number of aryl methyl sites for hydroxylation is 1. The molecule has 130 valence electrons. The minimum atomic E-state index is 0.0929. The number of thioether (sulfide) groups is 1. The highest BCUT2D eigenvalue weighted by Gasteiger charge is 2.40. The van der Waals surface area contributed by atoms with E-state index in [2.05, 4.69) is 48.6 Å². The Morgan fingerprint density at radius 3 is 2.44 bits per heavy atom. The Morgan fingerprint density at radius 2 is 1.80 bits per heavy atom. The first kappa shape index (κ1) is 16.7. The number of carbonyl (C=O) groups is 1. The second-order valence-corrected chi connectivity index (χ2v) is 8.60. The smallest absolute Gasteiger partial charge is 0.251 e. The molecule has 0 saturated heterocycles. The lowest BCUT2D eigenvalue weighted by molar-refractivity contribution is 0.0923. The van der Waals surface area contributed by atoms with Crippen LogP contribution in [0.25, 0.3) is 0 Å². The van der Waals surface area contributed by atoms with Crippen LogP contribution in [0.3, 0.4) is 0 Å². The average molecular weight is 352 g/mol. The Morgan fingerprint density at radius 1 is 1.04 bits per heavy atom. The molecule has 2 aromatic carbocycles. The molecule has 1 amide bonds. The summed E-state index contributed by atoms with van der Waals surface area (Å²) in [5.74, 6) is 2.60. The molecular weight excluding hydrogens is 326 g/mol. The molecule has 0 spiro atoms. The number of rotatable bonds is 5. The zero-order valence-corrected chi connectivity index (χ0v) is 15.5. The molecule has 0 aromatic heterocycles. The highest BCUT2D eigenvalue weighted by Crippen LogP contribution is 2.44. The summed E-state index contributed by atoms with van der Waals surface area (Å²) in [5, 5.41) is 3.27. The minimum absolute atomic E-state index is 0.0929. The van der Waals surface area contributed by atoms with Crippen molar-refractivity contribution in [2.45, 2.75) is 49.3 Å². The Kier molecular flexibility index (Phi) is 4.85. The third-order valence-corrected chi connectivity index (χ3v) is 6.78. The standard InChI is InChI=1S/C22H25NOS/c1-15-2-10-20(11-3-15)25-14-16-4-7-18(8-5-16)22(24)23-21-13-17-6-9-19(21)12-17/h2-5,7-8,10-11,17,19,21H,6,9,12-14H2,1H3,(H,23,24)/t17-,19-,21-/m0/s1. The first-order valence-corrected chi connectivity index (χ1v) is 10.3. The highest BCUT2D eigenvalue weighted by molar-refractivity contribution is 7.98. The van der Waals surface area contributed by atoms with E-state index in [1.165, 1.54) is 41.7 Å². The maximum Gasteiger partial charge on any atom is 0.251 e. The van der Waals surface area contributed by atoms with E-state index in [1.807, 2.05) is 23.9 Å². The molecule has 2 bridgehead atoms. The summed E-state index contributed by atoms with van der Waals surface area (Å²) >= 11 is 1.83. The molecule has 0 unspecified atom stereocenters. The molecule has 2 aliphatic rings. The molecule has 2 nitrogen and oxygen atoms in total. The predicted octanol–water partition coefficient (Wildman–Crippen LogP) is 5.21. The predicted molar refractivity (Wildman–Crippen MR) is 104 cm³/mol. The summed E-state index contributed by atoms with van der Waals surface area (Å²) in [6.07, 6.45) is 5.16. The van der Waals surface area contributed by atoms with Crippen molar-refractivity contribution in [3.8, 4) is 0 Å². The minimum Gasteiger partial charge on any atom is -0.349 e. The van der Waals surface area contributed by atoms with Gasteiger partial charge in [-0.25, -0.2) is 0 Å². The summed E-state index contributed by atoms with van der Waals surface area (Å²) in [6.45, 7) is 2.11. The fraction of sp³-hybridized carbons (Fsp3) is 0.409. The van der Waals surface area contributed by atoms with Gasteiger partial charge in [-0.1, -0.05) is 36.2 Å². The van der Waals surface area contributed by atoms with Crippen molar-refractivity contribution in [1.82, 2.24) is 5.32 Å². The van der Waals surface area contributed by atoms with Crippen LogP contribution in [0.15, 0.2) is 53.4 Å². The van der Waals surface area contributed by atoms with Crippen LogP contribution in [0.4, 0.5) is 0 Å². The molecule has 0 radical (unpaired) electrons. The SMILES string of the molecule is Cc1ccc(SCc2ccc(C(=O)N[C@H]3C[C@H]4CC[C@H]3C4)cc2)cc1. The molecular formula is C22H25NOS. The van der Waals surface area contributed by atoms with E-state index in [0.717, 1.165) is 23.2 Å². The van der Waals surface area contributed by atoms with Gasteiger partial charge < -0.3 is 5.32 Å². The van der Waals surface area contributed by atoms with E-state index in [4.69, 9.17) is 0 Å². The van der Waals surface area contributed by atoms with Gasteiger partial charge in [-0.2, -0.15) is 0 Å². The number of hydrogen-bond acceptors (Lipinski definition) is 2. The Hall–Kier alpha value is -1.74. The molecule has 0 heterocycles. The van der Waals surface area contributed by atoms with E-state index >= 15 is 0 Å². The first-order valence-electron chi connectivity index (χ1n) is 9.26. The van der Waals surface area contributed by atoms with Crippen LogP contribution >= 0.6 is 11.8 Å². The molecule has 25 heavy (non-hydrogen) atoms. The second-order valence-electron chi connectivity index (χ2n) is 7.55. The maximum absolute atomic E-state index is 12.5. The van der Waals surface area contributed by atoms with Crippen LogP contribution < -0.4 is 5.32 Å². The van der Waals surface area contributed by atoms with Crippen LogP contribution in [0.5, 0.6) is 0 Å². The number of amides is 1. The van der Waals surface area contributed by atoms with Crippen LogP contribution in [-0.4, -0.2) is 11.9 Å². The van der Waals surface area contributed by atoms with Gasteiger partial charge in [-0.15, -0.1) is 11.8 Å². The quantitative estimate of drug-likeness (QED) is 0.750. The number of benzene rings is 2. The summed E-state index contributed by atoms with van der Waals surface area (Å²) in [4.78, 5) is 13.8. The fourth-order valence-electron chi connectivity index (χ4n) is 4.23. The van der Waals surface area contributed by atoms with E-state index in [9.17, 15) is 4.79 Å². The van der Waals surface area contributed by atoms with Gasteiger partial charge in [0, 0.05) is 22.3 Å². The van der Waals surface area contributed by atoms with Crippen molar-refractivity contribution in [3.05, 3.63) is 65.2 Å². The maximum atomic E-state index is 12.5. The van der Waals surface area contributed by atoms with Crippen molar-refractivity contribution in [1.29, 1.82) is 0 Å². The van der Waals surface area contributed by atoms with Crippen molar-refractivity contribution < 1.29 is 4.79 Å². The van der Waals surface area contributed by atoms with E-state index in [0.29, 0.717) is 6.04 Å². The molecule has 3 atom stereocenters. The lowest BCUT2D eigenvalue weighted by Gasteiger charge is -2.22. The van der Waals surface area contributed by atoms with Crippen molar-refractivity contribution in [3.63, 3.8) is 0 Å². The van der Waals surface area contributed by atoms with Crippen molar-refractivity contribution in [2.24, 2.45) is 11.8 Å². The Balaban J connectivity index is 1.31. The van der Waals surface area contributed by atoms with Gasteiger partial charge in [-0.05, 0) is 67.9 Å². The van der Waals surface area contributed by atoms with Crippen LogP contribution in [0.1, 0.15) is 47.2 Å². The zero-order chi connectivity index (χ0) is 17.2. The van der Waals surface area contributed by atoms with Crippen molar-refractivity contribution in [2.75, 3.05) is 0 Å². The molecule has 4 rings (SSSR count). The monoisotopic (exact) mass is 351 g/mol. The number of fused-ring (bicyclic) bond motifs is 2. The van der Waals surface area contributed by atoms with Crippen molar-refractivity contribution >= 4 is 17.7 Å². The summed E-state index contributed by atoms with van der Waals surface area (Å²) in [6, 6.07) is 17.1. The third-order valence-electron chi connectivity index (χ3n) is 5.70. The third kappa shape index (κ3) is 3.92. The molecule has 2 fully saturated rings. The van der Waals surface area contributed by atoms with Gasteiger partial charge in [0.2, 0.25) is 0 Å². The number of carbonyl (C=O) groups excluding carboxylic acids is 1.